The van der Waals surface area contributed by atoms with Gasteiger partial charge < -0.3 is 18.0 Å². The number of allylic oxidation sites excluding steroid dienone is 1. The van der Waals surface area contributed by atoms with Gasteiger partial charge in [-0.2, -0.15) is 0 Å². The van der Waals surface area contributed by atoms with Crippen LogP contribution >= 0.6 is 0 Å². The molecule has 8 nitrogen and oxygen atoms in total. The van der Waals surface area contributed by atoms with Crippen molar-refractivity contribution in [2.75, 3.05) is 0 Å². The summed E-state index contributed by atoms with van der Waals surface area (Å²) in [5, 5.41) is 23.7. The first-order chi connectivity index (χ1) is 27.2. The lowest BCUT2D eigenvalue weighted by atomic mass is 10.0. The molecule has 262 valence electrons. The second-order valence-corrected chi connectivity index (χ2v) is 13.2. The zero-order valence-corrected chi connectivity index (χ0v) is 29.8. The Labute approximate surface area is 315 Å². The van der Waals surface area contributed by atoms with E-state index in [1.54, 1.807) is 0 Å². The fourth-order valence-corrected chi connectivity index (χ4v) is 7.65. The van der Waals surface area contributed by atoms with Gasteiger partial charge in [0.05, 0.1) is 39.1 Å². The van der Waals surface area contributed by atoms with E-state index in [4.69, 9.17) is 8.83 Å². The van der Waals surface area contributed by atoms with E-state index in [0.29, 0.717) is 34.7 Å². The molecule has 0 saturated heterocycles. The van der Waals surface area contributed by atoms with Gasteiger partial charge in [-0.05, 0) is 61.5 Å². The summed E-state index contributed by atoms with van der Waals surface area (Å²) in [6.07, 6.45) is 6.05. The van der Waals surface area contributed by atoms with Crippen LogP contribution in [0.4, 0.5) is 0 Å². The maximum atomic E-state index is 6.50. The maximum absolute atomic E-state index is 6.50. The van der Waals surface area contributed by atoms with Crippen LogP contribution in [0.25, 0.3) is 102 Å². The van der Waals surface area contributed by atoms with Crippen molar-refractivity contribution in [2.45, 2.75) is 6.92 Å². The lowest BCUT2D eigenvalue weighted by Gasteiger charge is -2.19. The third-order valence-corrected chi connectivity index (χ3v) is 10.0. The molecule has 0 atom stereocenters. The number of rotatable bonds is 7. The molecule has 0 fully saturated rings. The second kappa shape index (κ2) is 13.1. The number of fused-ring (bicyclic) bond motifs is 4. The molecule has 0 aliphatic heterocycles. The molecule has 6 aromatic carbocycles. The standard InChI is InChI=1S/C47H32N6O2/c1-3-17-32-33-22-11-14-25-39(33)52(38(32)4-2)42-28-36(46-50-48-44(54-46)30-18-7-5-8-19-30)37(47-51-49-45(55-47)31-20-9-6-10-21-31)29-43(42)53-40-26-15-12-23-34(40)35-24-13-16-27-41(35)53/h3-29H,1H2,2H3/b32-17-,38-4+. The van der Waals surface area contributed by atoms with Crippen LogP contribution in [-0.2, 0) is 0 Å². The highest BCUT2D eigenvalue weighted by Crippen LogP contribution is 2.41. The highest BCUT2D eigenvalue weighted by atomic mass is 16.4. The molecule has 0 radical (unpaired) electrons. The fourth-order valence-electron chi connectivity index (χ4n) is 7.65. The molecule has 8 heteroatoms. The van der Waals surface area contributed by atoms with Crippen molar-refractivity contribution >= 4 is 44.9 Å². The first-order valence-electron chi connectivity index (χ1n) is 18.1. The van der Waals surface area contributed by atoms with E-state index < -0.39 is 0 Å². The first kappa shape index (κ1) is 32.1. The highest BCUT2D eigenvalue weighted by Gasteiger charge is 2.26. The summed E-state index contributed by atoms with van der Waals surface area (Å²) in [5.41, 5.74) is 7.86. The number of hydrogen-bond acceptors (Lipinski definition) is 6. The summed E-state index contributed by atoms with van der Waals surface area (Å²) in [6, 6.07) is 49.2. The molecule has 0 amide bonds. The molecule has 0 saturated carbocycles. The van der Waals surface area contributed by atoms with Crippen molar-refractivity contribution in [2.24, 2.45) is 0 Å². The Hall–Kier alpha value is -7.58. The van der Waals surface area contributed by atoms with Crippen LogP contribution in [-0.4, -0.2) is 29.5 Å². The molecule has 10 aromatic rings. The first-order valence-corrected chi connectivity index (χ1v) is 18.1. The number of para-hydroxylation sites is 3. The van der Waals surface area contributed by atoms with E-state index in [0.717, 1.165) is 65.8 Å². The molecule has 0 spiro atoms. The maximum Gasteiger partial charge on any atom is 0.249 e. The molecular weight excluding hydrogens is 681 g/mol. The molecule has 0 unspecified atom stereocenters. The Morgan fingerprint density at radius 3 is 1.40 bits per heavy atom. The molecule has 4 heterocycles. The molecular formula is C47H32N6O2. The molecule has 4 aromatic heterocycles. The van der Waals surface area contributed by atoms with Gasteiger partial charge in [-0.3, -0.25) is 0 Å². The molecule has 0 aliphatic carbocycles. The van der Waals surface area contributed by atoms with Crippen molar-refractivity contribution in [3.05, 3.63) is 169 Å². The average Bonchev–Trinajstić information content (AvgIpc) is 4.06. The van der Waals surface area contributed by atoms with Crippen LogP contribution in [0.1, 0.15) is 6.92 Å². The number of hydrogen-bond donors (Lipinski definition) is 0. The van der Waals surface area contributed by atoms with Crippen molar-refractivity contribution < 1.29 is 8.83 Å². The molecule has 0 N–H and O–H groups in total. The van der Waals surface area contributed by atoms with Crippen molar-refractivity contribution in [3.8, 4) is 57.2 Å². The SMILES string of the molecule is C=C/C=c1\c(=C/C)n(-c2cc(-c3nnc(-c4ccccc4)o3)c(-c3nnc(-c4ccccc4)o3)cc2-n2c3ccccc3c3ccccc32)c2ccccc12. The predicted molar refractivity (Wildman–Crippen MR) is 219 cm³/mol. The minimum absolute atomic E-state index is 0.319. The lowest BCUT2D eigenvalue weighted by molar-refractivity contribution is 0.577. The van der Waals surface area contributed by atoms with Gasteiger partial charge in [0.2, 0.25) is 23.6 Å². The smallest absolute Gasteiger partial charge is 0.249 e. The van der Waals surface area contributed by atoms with Gasteiger partial charge in [0.15, 0.2) is 0 Å². The molecule has 0 aliphatic rings. The number of aromatic nitrogens is 6. The van der Waals surface area contributed by atoms with Gasteiger partial charge in [0.1, 0.15) is 0 Å². The van der Waals surface area contributed by atoms with Crippen molar-refractivity contribution in [1.29, 1.82) is 0 Å². The second-order valence-electron chi connectivity index (χ2n) is 13.2. The fraction of sp³-hybridized carbons (Fsp3) is 0.0213. The minimum atomic E-state index is 0.319. The Morgan fingerprint density at radius 2 is 0.909 bits per heavy atom. The normalized spacial score (nSPS) is 12.4. The Kier molecular flexibility index (Phi) is 7.66. The van der Waals surface area contributed by atoms with Gasteiger partial charge >= 0.3 is 0 Å². The zero-order chi connectivity index (χ0) is 36.9. The average molecular weight is 713 g/mol. The van der Waals surface area contributed by atoms with E-state index >= 15 is 0 Å². The topological polar surface area (TPSA) is 87.7 Å². The summed E-state index contributed by atoms with van der Waals surface area (Å²) in [5.74, 6) is 1.45. The zero-order valence-electron chi connectivity index (χ0n) is 29.8. The summed E-state index contributed by atoms with van der Waals surface area (Å²) < 4.78 is 17.6. The molecule has 55 heavy (non-hydrogen) atoms. The Bertz CT molecular complexity index is 3130. The van der Waals surface area contributed by atoms with Crippen LogP contribution in [0, 0.1) is 0 Å². The van der Waals surface area contributed by atoms with E-state index in [9.17, 15) is 0 Å². The van der Waals surface area contributed by atoms with E-state index in [-0.39, 0.29) is 0 Å². The van der Waals surface area contributed by atoms with Crippen LogP contribution in [0.2, 0.25) is 0 Å². The van der Waals surface area contributed by atoms with Gasteiger partial charge in [-0.1, -0.05) is 116 Å². The van der Waals surface area contributed by atoms with Gasteiger partial charge in [0, 0.05) is 37.9 Å². The highest BCUT2D eigenvalue weighted by molar-refractivity contribution is 6.09. The van der Waals surface area contributed by atoms with E-state index in [2.05, 4.69) is 140 Å². The van der Waals surface area contributed by atoms with Crippen LogP contribution in [0.15, 0.2) is 167 Å². The summed E-state index contributed by atoms with van der Waals surface area (Å²) in [7, 11) is 0. The number of benzene rings is 6. The van der Waals surface area contributed by atoms with E-state index in [1.165, 1.54) is 0 Å². The lowest BCUT2D eigenvalue weighted by Crippen LogP contribution is -2.28. The van der Waals surface area contributed by atoms with Gasteiger partial charge in [0.25, 0.3) is 0 Å². The molecule has 10 rings (SSSR count). The van der Waals surface area contributed by atoms with E-state index in [1.807, 2.05) is 66.7 Å². The molecule has 0 bridgehead atoms. The monoisotopic (exact) mass is 712 g/mol. The van der Waals surface area contributed by atoms with Crippen molar-refractivity contribution in [1.82, 2.24) is 29.5 Å². The Morgan fingerprint density at radius 1 is 0.491 bits per heavy atom. The van der Waals surface area contributed by atoms with Crippen molar-refractivity contribution in [3.63, 3.8) is 0 Å². The van der Waals surface area contributed by atoms with Crippen LogP contribution in [0.5, 0.6) is 0 Å². The predicted octanol–water partition coefficient (Wildman–Crippen LogP) is 9.93. The quantitative estimate of drug-likeness (QED) is 0.164. The largest absolute Gasteiger partial charge is 0.416 e. The van der Waals surface area contributed by atoms with Crippen LogP contribution in [0.3, 0.4) is 0 Å². The van der Waals surface area contributed by atoms with Gasteiger partial charge in [-0.15, -0.1) is 20.4 Å². The summed E-state index contributed by atoms with van der Waals surface area (Å²) in [4.78, 5) is 0. The van der Waals surface area contributed by atoms with Gasteiger partial charge in [-0.25, -0.2) is 0 Å². The van der Waals surface area contributed by atoms with Crippen LogP contribution < -0.4 is 10.6 Å². The minimum Gasteiger partial charge on any atom is -0.416 e. The Balaban J connectivity index is 1.36. The summed E-state index contributed by atoms with van der Waals surface area (Å²) >= 11 is 0. The third kappa shape index (κ3) is 5.22. The number of nitrogens with zero attached hydrogens (tertiary/aromatic N) is 6. The summed E-state index contributed by atoms with van der Waals surface area (Å²) in [6.45, 7) is 6.13. The third-order valence-electron chi connectivity index (χ3n) is 10.0.